The molecule has 1 heterocycles. The van der Waals surface area contributed by atoms with Crippen molar-refractivity contribution in [1.82, 2.24) is 4.90 Å². The van der Waals surface area contributed by atoms with Crippen LogP contribution in [0.1, 0.15) is 24.8 Å². The first kappa shape index (κ1) is 16.6. The number of hydrogen-bond donors (Lipinski definition) is 0. The van der Waals surface area contributed by atoms with Crippen LogP contribution in [-0.2, 0) is 10.2 Å². The summed E-state index contributed by atoms with van der Waals surface area (Å²) in [7, 11) is 4.28. The average molecular weight is 312 g/mol. The van der Waals surface area contributed by atoms with E-state index in [1.807, 2.05) is 0 Å². The average Bonchev–Trinajstić information content (AvgIpc) is 2.48. The van der Waals surface area contributed by atoms with Crippen molar-refractivity contribution in [3.05, 3.63) is 29.8 Å². The molecule has 0 N–H and O–H groups in total. The van der Waals surface area contributed by atoms with E-state index in [-0.39, 0.29) is 5.41 Å². The van der Waals surface area contributed by atoms with Gasteiger partial charge in [-0.2, -0.15) is 0 Å². The fraction of sp³-hybridized carbons (Fsp3) is 0.647. The predicted octanol–water partition coefficient (Wildman–Crippen LogP) is 3.30. The third kappa shape index (κ3) is 4.60. The fourth-order valence-electron chi connectivity index (χ4n) is 3.05. The molecule has 3 nitrogen and oxygen atoms in total. The standard InChI is InChI=1S/C17H26ClNO2/c1-19(2)14-17(8-12-20-13-9-17)15-4-6-16(7-5-15)21-11-3-10-18/h4-7H,3,8-14H2,1-2H3. The lowest BCUT2D eigenvalue weighted by Crippen LogP contribution is -2.42. The lowest BCUT2D eigenvalue weighted by atomic mass is 9.74. The first-order valence-electron chi connectivity index (χ1n) is 7.68. The van der Waals surface area contributed by atoms with Crippen molar-refractivity contribution in [1.29, 1.82) is 0 Å². The van der Waals surface area contributed by atoms with E-state index in [4.69, 9.17) is 21.1 Å². The monoisotopic (exact) mass is 311 g/mol. The Morgan fingerprint density at radius 3 is 2.43 bits per heavy atom. The Labute approximate surface area is 133 Å². The maximum absolute atomic E-state index is 5.68. The highest BCUT2D eigenvalue weighted by Crippen LogP contribution is 2.36. The molecular weight excluding hydrogens is 286 g/mol. The third-order valence-electron chi connectivity index (χ3n) is 4.08. The maximum atomic E-state index is 5.68. The normalized spacial score (nSPS) is 17.9. The number of alkyl halides is 1. The third-order valence-corrected chi connectivity index (χ3v) is 4.35. The van der Waals surface area contributed by atoms with Gasteiger partial charge in [-0.3, -0.25) is 0 Å². The highest BCUT2D eigenvalue weighted by Gasteiger charge is 2.34. The van der Waals surface area contributed by atoms with Crippen molar-refractivity contribution < 1.29 is 9.47 Å². The number of rotatable bonds is 7. The van der Waals surface area contributed by atoms with Crippen LogP contribution in [0, 0.1) is 0 Å². The van der Waals surface area contributed by atoms with Gasteiger partial charge in [0.1, 0.15) is 5.75 Å². The molecule has 1 fully saturated rings. The molecule has 0 radical (unpaired) electrons. The Morgan fingerprint density at radius 1 is 1.19 bits per heavy atom. The zero-order valence-electron chi connectivity index (χ0n) is 13.1. The van der Waals surface area contributed by atoms with E-state index in [0.717, 1.165) is 44.8 Å². The lowest BCUT2D eigenvalue weighted by molar-refractivity contribution is 0.0401. The Balaban J connectivity index is 2.09. The van der Waals surface area contributed by atoms with Crippen molar-refractivity contribution in [3.8, 4) is 5.75 Å². The topological polar surface area (TPSA) is 21.7 Å². The molecule has 118 valence electrons. The lowest BCUT2D eigenvalue weighted by Gasteiger charge is -2.39. The molecule has 1 aliphatic heterocycles. The Kier molecular flexibility index (Phi) is 6.34. The van der Waals surface area contributed by atoms with Crippen LogP contribution in [0.2, 0.25) is 0 Å². The van der Waals surface area contributed by atoms with Gasteiger partial charge in [0, 0.05) is 31.1 Å². The van der Waals surface area contributed by atoms with Gasteiger partial charge in [0.25, 0.3) is 0 Å². The van der Waals surface area contributed by atoms with Crippen LogP contribution < -0.4 is 4.74 Å². The minimum Gasteiger partial charge on any atom is -0.494 e. The second-order valence-electron chi connectivity index (χ2n) is 6.05. The summed E-state index contributed by atoms with van der Waals surface area (Å²) in [5.74, 6) is 1.57. The van der Waals surface area contributed by atoms with E-state index in [0.29, 0.717) is 12.5 Å². The van der Waals surface area contributed by atoms with Crippen molar-refractivity contribution in [2.45, 2.75) is 24.7 Å². The molecule has 0 aromatic heterocycles. The first-order chi connectivity index (χ1) is 10.2. The van der Waals surface area contributed by atoms with E-state index in [9.17, 15) is 0 Å². The largest absolute Gasteiger partial charge is 0.494 e. The summed E-state index contributed by atoms with van der Waals surface area (Å²) in [6, 6.07) is 8.59. The number of nitrogens with zero attached hydrogens (tertiary/aromatic N) is 1. The molecule has 0 atom stereocenters. The summed E-state index contributed by atoms with van der Waals surface area (Å²) in [5.41, 5.74) is 1.60. The Morgan fingerprint density at radius 2 is 1.86 bits per heavy atom. The second-order valence-corrected chi connectivity index (χ2v) is 6.42. The van der Waals surface area contributed by atoms with Gasteiger partial charge in [0.2, 0.25) is 0 Å². The quantitative estimate of drug-likeness (QED) is 0.569. The summed E-state index contributed by atoms with van der Waals surface area (Å²) in [4.78, 5) is 2.27. The van der Waals surface area contributed by atoms with Gasteiger partial charge in [0.05, 0.1) is 6.61 Å². The molecule has 4 heteroatoms. The zero-order valence-corrected chi connectivity index (χ0v) is 13.9. The maximum Gasteiger partial charge on any atom is 0.119 e. The molecule has 0 bridgehead atoms. The van der Waals surface area contributed by atoms with Crippen LogP contribution in [-0.4, -0.2) is 51.2 Å². The summed E-state index contributed by atoms with van der Waals surface area (Å²) >= 11 is 5.66. The van der Waals surface area contributed by atoms with Crippen LogP contribution in [0.3, 0.4) is 0 Å². The van der Waals surface area contributed by atoms with Gasteiger partial charge >= 0.3 is 0 Å². The molecule has 1 aliphatic rings. The summed E-state index contributed by atoms with van der Waals surface area (Å²) < 4.78 is 11.2. The molecule has 21 heavy (non-hydrogen) atoms. The zero-order chi connectivity index (χ0) is 15.1. The summed E-state index contributed by atoms with van der Waals surface area (Å²) in [6.45, 7) is 3.44. The van der Waals surface area contributed by atoms with Gasteiger partial charge in [-0.25, -0.2) is 0 Å². The van der Waals surface area contributed by atoms with E-state index >= 15 is 0 Å². The van der Waals surface area contributed by atoms with Crippen LogP contribution >= 0.6 is 11.6 Å². The molecule has 1 aromatic carbocycles. The number of halogens is 1. The summed E-state index contributed by atoms with van der Waals surface area (Å²) in [6.07, 6.45) is 3.04. The van der Waals surface area contributed by atoms with Gasteiger partial charge in [-0.1, -0.05) is 12.1 Å². The minimum atomic E-state index is 0.205. The second kappa shape index (κ2) is 8.02. The van der Waals surface area contributed by atoms with Crippen LogP contribution in [0.4, 0.5) is 0 Å². The van der Waals surface area contributed by atoms with Gasteiger partial charge < -0.3 is 14.4 Å². The first-order valence-corrected chi connectivity index (χ1v) is 8.21. The molecule has 0 unspecified atom stereocenters. The highest BCUT2D eigenvalue weighted by atomic mass is 35.5. The molecule has 2 rings (SSSR count). The van der Waals surface area contributed by atoms with Crippen molar-refractivity contribution in [2.75, 3.05) is 46.3 Å². The van der Waals surface area contributed by atoms with Crippen molar-refractivity contribution in [2.24, 2.45) is 0 Å². The van der Waals surface area contributed by atoms with E-state index < -0.39 is 0 Å². The molecule has 1 saturated heterocycles. The molecular formula is C17H26ClNO2. The molecule has 0 amide bonds. The minimum absolute atomic E-state index is 0.205. The van der Waals surface area contributed by atoms with Crippen molar-refractivity contribution in [3.63, 3.8) is 0 Å². The van der Waals surface area contributed by atoms with Gasteiger partial charge in [0.15, 0.2) is 0 Å². The molecule has 0 saturated carbocycles. The van der Waals surface area contributed by atoms with Gasteiger partial charge in [-0.05, 0) is 51.1 Å². The molecule has 0 spiro atoms. The van der Waals surface area contributed by atoms with E-state index in [1.54, 1.807) is 0 Å². The number of likely N-dealkylation sites (N-methyl/N-ethyl adjacent to an activating group) is 1. The van der Waals surface area contributed by atoms with Crippen molar-refractivity contribution >= 4 is 11.6 Å². The SMILES string of the molecule is CN(C)CC1(c2ccc(OCCCCl)cc2)CCOCC1. The Bertz CT molecular complexity index is 413. The molecule has 0 aliphatic carbocycles. The van der Waals surface area contributed by atoms with E-state index in [1.165, 1.54) is 5.56 Å². The smallest absolute Gasteiger partial charge is 0.119 e. The number of hydrogen-bond acceptors (Lipinski definition) is 3. The Hall–Kier alpha value is -0.770. The highest BCUT2D eigenvalue weighted by molar-refractivity contribution is 6.17. The number of benzene rings is 1. The molecule has 1 aromatic rings. The van der Waals surface area contributed by atoms with Gasteiger partial charge in [-0.15, -0.1) is 11.6 Å². The fourth-order valence-corrected chi connectivity index (χ4v) is 3.16. The van der Waals surface area contributed by atoms with E-state index in [2.05, 4.69) is 43.3 Å². The predicted molar refractivity (Wildman–Crippen MR) is 87.6 cm³/mol. The number of ether oxygens (including phenoxy) is 2. The van der Waals surface area contributed by atoms with Crippen LogP contribution in [0.25, 0.3) is 0 Å². The van der Waals surface area contributed by atoms with Crippen LogP contribution in [0.15, 0.2) is 24.3 Å². The summed E-state index contributed by atoms with van der Waals surface area (Å²) in [5, 5.41) is 0. The van der Waals surface area contributed by atoms with Crippen LogP contribution in [0.5, 0.6) is 5.75 Å².